The molecule has 3 aromatic rings. The Morgan fingerprint density at radius 1 is 1.05 bits per heavy atom. The van der Waals surface area contributed by atoms with Crippen molar-refractivity contribution < 1.29 is 29.2 Å². The molecule has 9 nitrogen and oxygen atoms in total. The third kappa shape index (κ3) is 7.56. The van der Waals surface area contributed by atoms with Gasteiger partial charge in [-0.1, -0.05) is 40.2 Å². The second kappa shape index (κ2) is 14.4. The number of halogens is 1. The summed E-state index contributed by atoms with van der Waals surface area (Å²) in [5.41, 5.74) is 7.24. The minimum Gasteiger partial charge on any atom is -0.497 e. The number of benzene rings is 3. The molecule has 228 valence electrons. The van der Waals surface area contributed by atoms with Crippen molar-refractivity contribution in [1.29, 1.82) is 0 Å². The van der Waals surface area contributed by atoms with Crippen molar-refractivity contribution in [1.82, 2.24) is 10.9 Å². The van der Waals surface area contributed by atoms with Gasteiger partial charge in [-0.05, 0) is 85.3 Å². The first-order valence-corrected chi connectivity index (χ1v) is 15.4. The highest BCUT2D eigenvalue weighted by Crippen LogP contribution is 2.43. The fourth-order valence-electron chi connectivity index (χ4n) is 5.50. The first-order chi connectivity index (χ1) is 20.9. The van der Waals surface area contributed by atoms with Gasteiger partial charge >= 0.3 is 0 Å². The van der Waals surface area contributed by atoms with Crippen LogP contribution in [0, 0.1) is 0 Å². The van der Waals surface area contributed by atoms with Gasteiger partial charge in [-0.3, -0.25) is 10.2 Å². The SMILES string of the molecule is COc1cccc([C@@H]2OC(c3ccc(OCCCO)cc3)=N[C@]2(Cc2ccc(Br)cc2)C(=O)NNC2CCC(O)CC2)c1. The zero-order valence-corrected chi connectivity index (χ0v) is 25.8. The largest absolute Gasteiger partial charge is 0.497 e. The van der Waals surface area contributed by atoms with Crippen LogP contribution >= 0.6 is 15.9 Å². The summed E-state index contributed by atoms with van der Waals surface area (Å²) in [6, 6.07) is 22.8. The summed E-state index contributed by atoms with van der Waals surface area (Å²) in [5.74, 6) is 1.35. The van der Waals surface area contributed by atoms with Crippen LogP contribution in [0.4, 0.5) is 0 Å². The van der Waals surface area contributed by atoms with Crippen LogP contribution < -0.4 is 20.3 Å². The zero-order valence-electron chi connectivity index (χ0n) is 24.2. The molecule has 4 N–H and O–H groups in total. The molecule has 1 aliphatic carbocycles. The van der Waals surface area contributed by atoms with Gasteiger partial charge in [0.15, 0.2) is 11.6 Å². The Labute approximate surface area is 260 Å². The lowest BCUT2D eigenvalue weighted by Crippen LogP contribution is -2.56. The van der Waals surface area contributed by atoms with Gasteiger partial charge in [0.25, 0.3) is 5.91 Å². The number of aliphatic hydroxyl groups excluding tert-OH is 2. The van der Waals surface area contributed by atoms with Gasteiger partial charge in [-0.25, -0.2) is 10.4 Å². The van der Waals surface area contributed by atoms with Gasteiger partial charge in [0, 0.05) is 35.5 Å². The van der Waals surface area contributed by atoms with E-state index in [1.165, 1.54) is 0 Å². The molecule has 0 bridgehead atoms. The summed E-state index contributed by atoms with van der Waals surface area (Å²) >= 11 is 3.51. The lowest BCUT2D eigenvalue weighted by Gasteiger charge is -2.32. The number of hydrogen-bond donors (Lipinski definition) is 4. The number of nitrogens with zero attached hydrogens (tertiary/aromatic N) is 1. The van der Waals surface area contributed by atoms with Crippen molar-refractivity contribution in [2.24, 2.45) is 4.99 Å². The average Bonchev–Trinajstić information content (AvgIpc) is 3.42. The van der Waals surface area contributed by atoms with Crippen molar-refractivity contribution in [2.45, 2.75) is 62.3 Å². The van der Waals surface area contributed by atoms with E-state index in [1.54, 1.807) is 7.11 Å². The molecule has 1 fully saturated rings. The maximum atomic E-state index is 14.4. The third-order valence-corrected chi connectivity index (χ3v) is 8.43. The summed E-state index contributed by atoms with van der Waals surface area (Å²) in [6.07, 6.45) is 2.68. The maximum Gasteiger partial charge on any atom is 0.266 e. The van der Waals surface area contributed by atoms with Gasteiger partial charge in [0.2, 0.25) is 5.90 Å². The first kappa shape index (κ1) is 31.0. The van der Waals surface area contributed by atoms with Gasteiger partial charge in [0.05, 0.1) is 19.8 Å². The molecule has 0 saturated heterocycles. The Morgan fingerprint density at radius 3 is 2.49 bits per heavy atom. The third-order valence-electron chi connectivity index (χ3n) is 7.90. The highest BCUT2D eigenvalue weighted by Gasteiger charge is 2.53. The standard InChI is InChI=1S/C33H38BrN3O6/c1-41-29-5-2-4-24(20-29)30-33(21-22-6-10-25(34)11-7-22,32(40)37-36-26-12-14-27(39)15-13-26)35-31(43-30)23-8-16-28(17-9-23)42-19-3-18-38/h2,4-11,16-17,20,26-27,30,36,38-39H,3,12-15,18-19,21H2,1H3,(H,37,40)/t26?,27?,30-,33-/m0/s1. The number of hydrogen-bond acceptors (Lipinski definition) is 8. The van der Waals surface area contributed by atoms with Crippen LogP contribution in [0.1, 0.15) is 54.9 Å². The molecule has 43 heavy (non-hydrogen) atoms. The predicted molar refractivity (Wildman–Crippen MR) is 167 cm³/mol. The summed E-state index contributed by atoms with van der Waals surface area (Å²) < 4.78 is 18.7. The topological polar surface area (TPSA) is 122 Å². The van der Waals surface area contributed by atoms with E-state index in [9.17, 15) is 9.90 Å². The summed E-state index contributed by atoms with van der Waals surface area (Å²) in [4.78, 5) is 19.4. The molecule has 0 radical (unpaired) electrons. The fourth-order valence-corrected chi connectivity index (χ4v) is 5.76. The zero-order chi connectivity index (χ0) is 30.2. The molecule has 0 aromatic heterocycles. The number of ether oxygens (including phenoxy) is 3. The maximum absolute atomic E-state index is 14.4. The molecule has 2 atom stereocenters. The normalized spacial score (nSPS) is 23.3. The van der Waals surface area contributed by atoms with Crippen LogP contribution in [0.2, 0.25) is 0 Å². The molecular weight excluding hydrogens is 614 g/mol. The fraction of sp³-hybridized carbons (Fsp3) is 0.394. The number of carbonyl (C=O) groups excluding carboxylic acids is 1. The highest BCUT2D eigenvalue weighted by atomic mass is 79.9. The van der Waals surface area contributed by atoms with Crippen LogP contribution in [0.25, 0.3) is 0 Å². The number of rotatable bonds is 12. The Kier molecular flexibility index (Phi) is 10.3. The highest BCUT2D eigenvalue weighted by molar-refractivity contribution is 9.10. The average molecular weight is 653 g/mol. The van der Waals surface area contributed by atoms with Crippen molar-refractivity contribution >= 4 is 27.7 Å². The molecular formula is C33H38BrN3O6. The van der Waals surface area contributed by atoms with Crippen LogP contribution in [-0.4, -0.2) is 60.0 Å². The second-order valence-corrected chi connectivity index (χ2v) is 11.9. The molecule has 0 spiro atoms. The van der Waals surface area contributed by atoms with E-state index in [0.717, 1.165) is 28.4 Å². The molecule has 5 rings (SSSR count). The molecule has 1 saturated carbocycles. The number of aliphatic imine (C=N–C) groups is 1. The van der Waals surface area contributed by atoms with E-state index in [2.05, 4.69) is 26.8 Å². The quantitative estimate of drug-likeness (QED) is 0.166. The molecule has 1 aliphatic heterocycles. The smallest absolute Gasteiger partial charge is 0.266 e. The molecule has 0 unspecified atom stereocenters. The summed E-state index contributed by atoms with van der Waals surface area (Å²) in [5, 5.41) is 19.0. The van der Waals surface area contributed by atoms with Gasteiger partial charge in [0.1, 0.15) is 11.5 Å². The van der Waals surface area contributed by atoms with Crippen molar-refractivity contribution in [2.75, 3.05) is 20.3 Å². The molecule has 3 aromatic carbocycles. The van der Waals surface area contributed by atoms with Crippen molar-refractivity contribution in [3.05, 3.63) is 94.0 Å². The first-order valence-electron chi connectivity index (χ1n) is 14.6. The Morgan fingerprint density at radius 2 is 1.79 bits per heavy atom. The molecule has 2 aliphatic rings. The minimum atomic E-state index is -1.35. The Bertz CT molecular complexity index is 1390. The van der Waals surface area contributed by atoms with E-state index in [1.807, 2.05) is 72.8 Å². The van der Waals surface area contributed by atoms with Crippen LogP contribution in [0.3, 0.4) is 0 Å². The Hall–Kier alpha value is -3.44. The van der Waals surface area contributed by atoms with Crippen LogP contribution in [0.15, 0.2) is 82.3 Å². The molecule has 1 amide bonds. The summed E-state index contributed by atoms with van der Waals surface area (Å²) in [7, 11) is 1.60. The molecule has 1 heterocycles. The van der Waals surface area contributed by atoms with E-state index in [0.29, 0.717) is 48.8 Å². The molecule has 10 heteroatoms. The van der Waals surface area contributed by atoms with E-state index in [-0.39, 0.29) is 31.1 Å². The lowest BCUT2D eigenvalue weighted by atomic mass is 9.82. The summed E-state index contributed by atoms with van der Waals surface area (Å²) in [6.45, 7) is 0.475. The van der Waals surface area contributed by atoms with Gasteiger partial charge < -0.3 is 24.4 Å². The van der Waals surface area contributed by atoms with Crippen LogP contribution in [-0.2, 0) is 16.0 Å². The van der Waals surface area contributed by atoms with Gasteiger partial charge in [-0.2, -0.15) is 0 Å². The van der Waals surface area contributed by atoms with E-state index < -0.39 is 11.6 Å². The number of amides is 1. The van der Waals surface area contributed by atoms with E-state index >= 15 is 0 Å². The number of aliphatic hydroxyl groups is 2. The van der Waals surface area contributed by atoms with Crippen molar-refractivity contribution in [3.8, 4) is 11.5 Å². The monoisotopic (exact) mass is 651 g/mol. The second-order valence-electron chi connectivity index (χ2n) is 11.0. The Balaban J connectivity index is 1.52. The van der Waals surface area contributed by atoms with E-state index in [4.69, 9.17) is 24.3 Å². The lowest BCUT2D eigenvalue weighted by molar-refractivity contribution is -0.130. The number of nitrogens with one attached hydrogen (secondary N) is 2. The number of carbonyl (C=O) groups is 1. The number of hydrazine groups is 1. The van der Waals surface area contributed by atoms with Crippen LogP contribution in [0.5, 0.6) is 11.5 Å². The predicted octanol–water partition coefficient (Wildman–Crippen LogP) is 4.64. The minimum absolute atomic E-state index is 0.0523. The van der Waals surface area contributed by atoms with Crippen molar-refractivity contribution in [3.63, 3.8) is 0 Å². The van der Waals surface area contributed by atoms with Gasteiger partial charge in [-0.15, -0.1) is 0 Å². The number of methoxy groups -OCH3 is 1.